The number of benzene rings is 2. The van der Waals surface area contributed by atoms with Gasteiger partial charge in [0.2, 0.25) is 23.8 Å². The highest BCUT2D eigenvalue weighted by Gasteiger charge is 2.23. The van der Waals surface area contributed by atoms with Gasteiger partial charge in [-0.1, -0.05) is 31.4 Å². The van der Waals surface area contributed by atoms with Crippen molar-refractivity contribution >= 4 is 40.8 Å². The standard InChI is InChI=1S/C33H46N10O5/c34-14-20-47-22-23-48-21-15-35-30(44)24-25-6-8-27(9-7-25)37-32-38-31(36-26-4-2-1-3-5-26)39-33(40-32)42-18-16-41(17-19-42)28-10-12-29(13-11-28)43(45)46/h6-13,26H,1-5,14-24,34H2,(H,35,44)(H2,36,37,38,39,40). The molecule has 1 aliphatic carbocycles. The van der Waals surface area contributed by atoms with Crippen LogP contribution in [0.5, 0.6) is 0 Å². The smallest absolute Gasteiger partial charge is 0.269 e. The topological polar surface area (TPSA) is 186 Å². The van der Waals surface area contributed by atoms with E-state index in [1.165, 1.54) is 31.4 Å². The first-order valence-electron chi connectivity index (χ1n) is 16.7. The zero-order chi connectivity index (χ0) is 33.6. The highest BCUT2D eigenvalue weighted by molar-refractivity contribution is 5.78. The lowest BCUT2D eigenvalue weighted by molar-refractivity contribution is -0.384. The van der Waals surface area contributed by atoms with E-state index < -0.39 is 0 Å². The summed E-state index contributed by atoms with van der Waals surface area (Å²) in [6, 6.07) is 14.6. The molecule has 2 aliphatic rings. The van der Waals surface area contributed by atoms with Crippen molar-refractivity contribution < 1.29 is 19.2 Å². The van der Waals surface area contributed by atoms with Gasteiger partial charge in [0.1, 0.15) is 0 Å². The lowest BCUT2D eigenvalue weighted by Gasteiger charge is -2.36. The van der Waals surface area contributed by atoms with Gasteiger partial charge in [-0.2, -0.15) is 15.0 Å². The molecule has 1 aromatic heterocycles. The van der Waals surface area contributed by atoms with Crippen LogP contribution in [0.4, 0.5) is 34.9 Å². The minimum Gasteiger partial charge on any atom is -0.378 e. The van der Waals surface area contributed by atoms with Crippen LogP contribution in [0, 0.1) is 10.1 Å². The van der Waals surface area contributed by atoms with Gasteiger partial charge >= 0.3 is 0 Å². The average Bonchev–Trinajstić information content (AvgIpc) is 3.11. The number of carbonyl (C=O) groups is 1. The van der Waals surface area contributed by atoms with Crippen molar-refractivity contribution in [2.24, 2.45) is 5.73 Å². The summed E-state index contributed by atoms with van der Waals surface area (Å²) < 4.78 is 10.7. The third-order valence-electron chi connectivity index (χ3n) is 8.33. The first-order chi connectivity index (χ1) is 23.5. The fraction of sp³-hybridized carbons (Fsp3) is 0.515. The van der Waals surface area contributed by atoms with Crippen LogP contribution in [-0.2, 0) is 20.7 Å². The zero-order valence-electron chi connectivity index (χ0n) is 27.3. The molecule has 0 atom stereocenters. The van der Waals surface area contributed by atoms with Crippen molar-refractivity contribution in [3.8, 4) is 0 Å². The normalized spacial score (nSPS) is 15.3. The lowest BCUT2D eigenvalue weighted by Crippen LogP contribution is -2.47. The molecule has 1 saturated carbocycles. The quantitative estimate of drug-likeness (QED) is 0.0939. The van der Waals surface area contributed by atoms with Crippen molar-refractivity contribution in [3.63, 3.8) is 0 Å². The van der Waals surface area contributed by atoms with Gasteiger partial charge in [0.25, 0.3) is 5.69 Å². The molecule has 258 valence electrons. The third kappa shape index (κ3) is 10.7. The summed E-state index contributed by atoms with van der Waals surface area (Å²) in [5.41, 5.74) is 8.10. The molecule has 0 unspecified atom stereocenters. The molecule has 15 nitrogen and oxygen atoms in total. The summed E-state index contributed by atoms with van der Waals surface area (Å²) in [6.07, 6.45) is 6.07. The predicted molar refractivity (Wildman–Crippen MR) is 185 cm³/mol. The van der Waals surface area contributed by atoms with Gasteiger partial charge in [-0.3, -0.25) is 14.9 Å². The Hall–Kier alpha value is -4.60. The number of aromatic nitrogens is 3. The van der Waals surface area contributed by atoms with Gasteiger partial charge in [-0.25, -0.2) is 0 Å². The van der Waals surface area contributed by atoms with Gasteiger partial charge < -0.3 is 41.0 Å². The molecule has 3 aromatic rings. The molecule has 5 N–H and O–H groups in total. The van der Waals surface area contributed by atoms with Gasteiger partial charge in [0, 0.05) is 68.8 Å². The molecule has 0 bridgehead atoms. The number of piperazine rings is 1. The van der Waals surface area contributed by atoms with Gasteiger partial charge in [-0.05, 0) is 42.7 Å². The number of non-ortho nitro benzene ring substituents is 1. The first kappa shape index (κ1) is 34.7. The second-order valence-corrected chi connectivity index (χ2v) is 11.9. The van der Waals surface area contributed by atoms with E-state index in [-0.39, 0.29) is 22.9 Å². The number of hydrogen-bond acceptors (Lipinski definition) is 13. The van der Waals surface area contributed by atoms with E-state index in [9.17, 15) is 14.9 Å². The molecule has 2 heterocycles. The molecule has 1 aliphatic heterocycles. The third-order valence-corrected chi connectivity index (χ3v) is 8.33. The monoisotopic (exact) mass is 662 g/mol. The maximum atomic E-state index is 12.4. The molecule has 2 aromatic carbocycles. The van der Waals surface area contributed by atoms with E-state index in [4.69, 9.17) is 30.2 Å². The Morgan fingerprint density at radius 3 is 2.21 bits per heavy atom. The minimum atomic E-state index is -0.385. The van der Waals surface area contributed by atoms with Crippen molar-refractivity contribution in [1.82, 2.24) is 20.3 Å². The Bertz CT molecular complexity index is 1450. The Morgan fingerprint density at radius 1 is 0.854 bits per heavy atom. The number of nitro groups is 1. The summed E-state index contributed by atoms with van der Waals surface area (Å²) in [4.78, 5) is 41.7. The number of ether oxygens (including phenoxy) is 2. The summed E-state index contributed by atoms with van der Waals surface area (Å²) in [5, 5.41) is 20.8. The van der Waals surface area contributed by atoms with Crippen LogP contribution in [-0.4, -0.2) is 97.5 Å². The summed E-state index contributed by atoms with van der Waals surface area (Å²) in [7, 11) is 0. The van der Waals surface area contributed by atoms with Crippen molar-refractivity contribution in [2.45, 2.75) is 44.6 Å². The average molecular weight is 663 g/mol. The molecule has 0 spiro atoms. The van der Waals surface area contributed by atoms with Crippen molar-refractivity contribution in [1.29, 1.82) is 0 Å². The Labute approximate surface area is 280 Å². The summed E-state index contributed by atoms with van der Waals surface area (Å²) in [5.74, 6) is 1.50. The van der Waals surface area contributed by atoms with E-state index in [0.717, 1.165) is 42.9 Å². The van der Waals surface area contributed by atoms with Crippen molar-refractivity contribution in [2.75, 3.05) is 86.1 Å². The largest absolute Gasteiger partial charge is 0.378 e. The fourth-order valence-electron chi connectivity index (χ4n) is 5.76. The number of anilines is 5. The Kier molecular flexibility index (Phi) is 13.1. The molecule has 2 fully saturated rings. The summed E-state index contributed by atoms with van der Waals surface area (Å²) >= 11 is 0. The Balaban J connectivity index is 1.17. The fourth-order valence-corrected chi connectivity index (χ4v) is 5.76. The second-order valence-electron chi connectivity index (χ2n) is 11.9. The van der Waals surface area contributed by atoms with Crippen LogP contribution in [0.15, 0.2) is 48.5 Å². The number of hydrogen-bond donors (Lipinski definition) is 4. The second kappa shape index (κ2) is 18.1. The van der Waals surface area contributed by atoms with Crippen LogP contribution in [0.2, 0.25) is 0 Å². The lowest BCUT2D eigenvalue weighted by atomic mass is 9.96. The maximum Gasteiger partial charge on any atom is 0.269 e. The number of nitrogens with one attached hydrogen (secondary N) is 3. The van der Waals surface area contributed by atoms with Gasteiger partial charge in [0.15, 0.2) is 0 Å². The zero-order valence-corrected chi connectivity index (χ0v) is 27.3. The van der Waals surface area contributed by atoms with E-state index in [1.807, 2.05) is 24.3 Å². The number of amides is 1. The number of nitro benzene ring substituents is 1. The van der Waals surface area contributed by atoms with Gasteiger partial charge in [0.05, 0.1) is 37.8 Å². The molecule has 0 radical (unpaired) electrons. The molecule has 48 heavy (non-hydrogen) atoms. The SMILES string of the molecule is NCCOCCOCCNC(=O)Cc1ccc(Nc2nc(NC3CCCCC3)nc(N3CCN(c4ccc([N+](=O)[O-])cc4)CC3)n2)cc1. The predicted octanol–water partition coefficient (Wildman–Crippen LogP) is 3.25. The van der Waals surface area contributed by atoms with E-state index in [2.05, 4.69) is 25.8 Å². The number of nitrogens with zero attached hydrogens (tertiary/aromatic N) is 6. The van der Waals surface area contributed by atoms with E-state index in [0.29, 0.717) is 76.5 Å². The molecule has 1 amide bonds. The van der Waals surface area contributed by atoms with E-state index >= 15 is 0 Å². The van der Waals surface area contributed by atoms with E-state index in [1.54, 1.807) is 12.1 Å². The molecular weight excluding hydrogens is 616 g/mol. The minimum absolute atomic E-state index is 0.0760. The molecular formula is C33H46N10O5. The van der Waals surface area contributed by atoms with Crippen LogP contribution >= 0.6 is 0 Å². The Morgan fingerprint density at radius 2 is 1.52 bits per heavy atom. The molecule has 15 heteroatoms. The van der Waals surface area contributed by atoms with Crippen LogP contribution in [0.1, 0.15) is 37.7 Å². The van der Waals surface area contributed by atoms with Crippen LogP contribution in [0.3, 0.4) is 0 Å². The number of nitrogens with two attached hydrogens (primary N) is 1. The van der Waals surface area contributed by atoms with Crippen LogP contribution < -0.4 is 31.5 Å². The number of rotatable bonds is 17. The maximum absolute atomic E-state index is 12.4. The molecule has 5 rings (SSSR count). The van der Waals surface area contributed by atoms with Gasteiger partial charge in [-0.15, -0.1) is 0 Å². The highest BCUT2D eigenvalue weighted by Crippen LogP contribution is 2.25. The highest BCUT2D eigenvalue weighted by atomic mass is 16.6. The molecule has 1 saturated heterocycles. The summed E-state index contributed by atoms with van der Waals surface area (Å²) in [6.45, 7) is 5.63. The first-order valence-corrected chi connectivity index (χ1v) is 16.7. The van der Waals surface area contributed by atoms with Crippen LogP contribution in [0.25, 0.3) is 0 Å². The number of carbonyl (C=O) groups excluding carboxylic acids is 1. The van der Waals surface area contributed by atoms with Crippen molar-refractivity contribution in [3.05, 3.63) is 64.2 Å².